The molecule has 0 bridgehead atoms. The zero-order chi connectivity index (χ0) is 29.1. The Morgan fingerprint density at radius 3 is 2.49 bits per heavy atom. The third-order valence-electron chi connectivity index (χ3n) is 6.82. The molecule has 0 unspecified atom stereocenters. The van der Waals surface area contributed by atoms with Crippen LogP contribution in [0.25, 0.3) is 23.0 Å². The number of benzene rings is 2. The molecule has 41 heavy (non-hydrogen) atoms. The number of carbonyl (C=O) groups is 2. The Bertz CT molecular complexity index is 1700. The van der Waals surface area contributed by atoms with Crippen molar-refractivity contribution in [2.75, 3.05) is 6.61 Å². The summed E-state index contributed by atoms with van der Waals surface area (Å²) in [6.07, 6.45) is 5.03. The highest BCUT2D eigenvalue weighted by Gasteiger charge is 2.36. The van der Waals surface area contributed by atoms with E-state index in [1.54, 1.807) is 29.8 Å². The van der Waals surface area contributed by atoms with E-state index in [1.807, 2.05) is 67.7 Å². The SMILES string of the molecule is CC1=C(C#N)C(=O)N(Cc2ccco2)C(=O)/C1=C/c1cn(-c2ccccc2)nc1-c1ccc(OCC(C)C)cc1C. The number of ether oxygens (including phenoxy) is 1. The van der Waals surface area contributed by atoms with Gasteiger partial charge in [0, 0.05) is 22.9 Å². The van der Waals surface area contributed by atoms with Crippen molar-refractivity contribution in [2.24, 2.45) is 5.92 Å². The van der Waals surface area contributed by atoms with Crippen LogP contribution >= 0.6 is 0 Å². The summed E-state index contributed by atoms with van der Waals surface area (Å²) in [7, 11) is 0. The van der Waals surface area contributed by atoms with Crippen LogP contribution in [-0.4, -0.2) is 33.1 Å². The van der Waals surface area contributed by atoms with Gasteiger partial charge in [-0.15, -0.1) is 0 Å². The highest BCUT2D eigenvalue weighted by atomic mass is 16.5. The lowest BCUT2D eigenvalue weighted by Crippen LogP contribution is -2.42. The zero-order valence-corrected chi connectivity index (χ0v) is 23.4. The molecule has 0 saturated carbocycles. The molecule has 5 rings (SSSR count). The maximum Gasteiger partial charge on any atom is 0.272 e. The van der Waals surface area contributed by atoms with Crippen LogP contribution in [0.1, 0.15) is 37.7 Å². The predicted molar refractivity (Wildman–Crippen MR) is 155 cm³/mol. The fourth-order valence-electron chi connectivity index (χ4n) is 4.66. The first-order chi connectivity index (χ1) is 19.8. The van der Waals surface area contributed by atoms with Gasteiger partial charge in [0.05, 0.1) is 25.1 Å². The van der Waals surface area contributed by atoms with E-state index >= 15 is 0 Å². The Kier molecular flexibility index (Phi) is 7.70. The smallest absolute Gasteiger partial charge is 0.272 e. The monoisotopic (exact) mass is 546 g/mol. The molecule has 3 heterocycles. The topological polar surface area (TPSA) is 101 Å². The highest BCUT2D eigenvalue weighted by molar-refractivity contribution is 6.19. The molecule has 0 radical (unpaired) electrons. The Hall–Kier alpha value is -5.16. The largest absolute Gasteiger partial charge is 0.493 e. The Morgan fingerprint density at radius 2 is 1.83 bits per heavy atom. The van der Waals surface area contributed by atoms with Crippen LogP contribution in [0.4, 0.5) is 0 Å². The number of rotatable bonds is 8. The van der Waals surface area contributed by atoms with E-state index in [9.17, 15) is 14.9 Å². The van der Waals surface area contributed by atoms with Crippen molar-refractivity contribution in [3.63, 3.8) is 0 Å². The number of furan rings is 1. The fraction of sp³-hybridized carbons (Fsp3) is 0.212. The third kappa shape index (κ3) is 5.61. The average molecular weight is 547 g/mol. The Morgan fingerprint density at radius 1 is 1.05 bits per heavy atom. The quantitative estimate of drug-likeness (QED) is 0.191. The van der Waals surface area contributed by atoms with E-state index in [1.165, 1.54) is 6.26 Å². The maximum absolute atomic E-state index is 13.7. The van der Waals surface area contributed by atoms with Crippen LogP contribution in [0.5, 0.6) is 5.75 Å². The third-order valence-corrected chi connectivity index (χ3v) is 6.82. The number of aryl methyl sites for hydroxylation is 1. The molecule has 0 saturated heterocycles. The van der Waals surface area contributed by atoms with Crippen molar-refractivity contribution < 1.29 is 18.7 Å². The molecule has 4 aromatic rings. The van der Waals surface area contributed by atoms with E-state index in [0.29, 0.717) is 35.1 Å². The highest BCUT2D eigenvalue weighted by Crippen LogP contribution is 2.34. The van der Waals surface area contributed by atoms with Crippen LogP contribution in [0.3, 0.4) is 0 Å². The summed E-state index contributed by atoms with van der Waals surface area (Å²) in [5, 5.41) is 14.7. The number of carbonyl (C=O) groups excluding carboxylic acids is 2. The molecule has 2 aromatic carbocycles. The lowest BCUT2D eigenvalue weighted by Gasteiger charge is -2.26. The number of aromatic nitrogens is 2. The number of para-hydroxylation sites is 1. The van der Waals surface area contributed by atoms with Crippen molar-refractivity contribution in [3.05, 3.63) is 107 Å². The first-order valence-electron chi connectivity index (χ1n) is 13.4. The van der Waals surface area contributed by atoms with Crippen molar-refractivity contribution in [3.8, 4) is 28.8 Å². The standard InChI is InChI=1S/C33H30N4O4/c1-21(2)20-41-26-12-13-28(22(3)15-26)31-24(18-37(35-31)25-9-6-5-7-10-25)16-29-23(4)30(17-34)33(39)36(32(29)38)19-27-11-8-14-40-27/h5-16,18,21H,19-20H2,1-4H3/b29-16+. The van der Waals surface area contributed by atoms with Crippen molar-refractivity contribution in [1.82, 2.24) is 14.7 Å². The molecule has 1 aliphatic heterocycles. The van der Waals surface area contributed by atoms with Gasteiger partial charge in [0.1, 0.15) is 28.8 Å². The molecular formula is C33H30N4O4. The normalized spacial score (nSPS) is 14.7. The summed E-state index contributed by atoms with van der Waals surface area (Å²) in [5.41, 5.74) is 4.49. The van der Waals surface area contributed by atoms with Crippen molar-refractivity contribution >= 4 is 17.9 Å². The van der Waals surface area contributed by atoms with Gasteiger partial charge >= 0.3 is 0 Å². The molecule has 0 spiro atoms. The van der Waals surface area contributed by atoms with Gasteiger partial charge in [-0.2, -0.15) is 10.4 Å². The molecule has 0 fully saturated rings. The Labute approximate surface area is 238 Å². The van der Waals surface area contributed by atoms with E-state index in [0.717, 1.165) is 27.5 Å². The minimum Gasteiger partial charge on any atom is -0.493 e. The molecule has 0 aliphatic carbocycles. The predicted octanol–water partition coefficient (Wildman–Crippen LogP) is 6.27. The van der Waals surface area contributed by atoms with Crippen molar-refractivity contribution in [1.29, 1.82) is 5.26 Å². The van der Waals surface area contributed by atoms with E-state index in [4.69, 9.17) is 14.3 Å². The van der Waals surface area contributed by atoms with Crippen LogP contribution < -0.4 is 4.74 Å². The number of nitriles is 1. The molecule has 2 aromatic heterocycles. The minimum absolute atomic E-state index is 0.0758. The van der Waals surface area contributed by atoms with Gasteiger partial charge in [-0.3, -0.25) is 14.5 Å². The Balaban J connectivity index is 1.63. The molecule has 1 aliphatic rings. The fourth-order valence-corrected chi connectivity index (χ4v) is 4.66. The molecule has 206 valence electrons. The summed E-state index contributed by atoms with van der Waals surface area (Å²) in [4.78, 5) is 27.8. The zero-order valence-electron chi connectivity index (χ0n) is 23.4. The van der Waals surface area contributed by atoms with Crippen LogP contribution in [0.15, 0.2) is 94.3 Å². The maximum atomic E-state index is 13.7. The molecule has 0 N–H and O–H groups in total. The summed E-state index contributed by atoms with van der Waals surface area (Å²) < 4.78 is 13.1. The molecule has 8 heteroatoms. The van der Waals surface area contributed by atoms with E-state index < -0.39 is 11.8 Å². The van der Waals surface area contributed by atoms with Gasteiger partial charge in [-0.1, -0.05) is 32.0 Å². The molecule has 8 nitrogen and oxygen atoms in total. The van der Waals surface area contributed by atoms with Gasteiger partial charge in [-0.25, -0.2) is 4.68 Å². The van der Waals surface area contributed by atoms with Gasteiger partial charge in [0.25, 0.3) is 11.8 Å². The summed E-state index contributed by atoms with van der Waals surface area (Å²) in [6.45, 7) is 8.35. The molecule has 0 atom stereocenters. The van der Waals surface area contributed by atoms with Crippen molar-refractivity contribution in [2.45, 2.75) is 34.2 Å². The summed E-state index contributed by atoms with van der Waals surface area (Å²) in [6, 6.07) is 20.9. The van der Waals surface area contributed by atoms with Gasteiger partial charge in [0.2, 0.25) is 0 Å². The first kappa shape index (κ1) is 27.4. The number of hydrogen-bond donors (Lipinski definition) is 0. The molecule has 2 amide bonds. The van der Waals surface area contributed by atoms with Gasteiger partial charge in [0.15, 0.2) is 0 Å². The lowest BCUT2D eigenvalue weighted by atomic mass is 9.92. The first-order valence-corrected chi connectivity index (χ1v) is 13.4. The van der Waals surface area contributed by atoms with Crippen LogP contribution in [0.2, 0.25) is 0 Å². The summed E-state index contributed by atoms with van der Waals surface area (Å²) in [5.74, 6) is 0.467. The van der Waals surface area contributed by atoms with E-state index in [2.05, 4.69) is 13.8 Å². The van der Waals surface area contributed by atoms with Gasteiger partial charge < -0.3 is 9.15 Å². The second-order valence-corrected chi connectivity index (χ2v) is 10.3. The second kappa shape index (κ2) is 11.5. The number of imide groups is 1. The molecular weight excluding hydrogens is 516 g/mol. The lowest BCUT2D eigenvalue weighted by molar-refractivity contribution is -0.141. The average Bonchev–Trinajstić information content (AvgIpc) is 3.63. The number of hydrogen-bond acceptors (Lipinski definition) is 6. The van der Waals surface area contributed by atoms with Crippen LogP contribution in [-0.2, 0) is 16.1 Å². The number of nitrogens with zero attached hydrogens (tertiary/aromatic N) is 4. The van der Waals surface area contributed by atoms with Crippen LogP contribution in [0, 0.1) is 24.2 Å². The minimum atomic E-state index is -0.642. The van der Waals surface area contributed by atoms with Gasteiger partial charge in [-0.05, 0) is 79.4 Å². The summed E-state index contributed by atoms with van der Waals surface area (Å²) >= 11 is 0. The second-order valence-electron chi connectivity index (χ2n) is 10.3. The number of amides is 2. The van der Waals surface area contributed by atoms with E-state index in [-0.39, 0.29) is 17.7 Å².